The van der Waals surface area contributed by atoms with Crippen LogP contribution in [0.3, 0.4) is 0 Å². The highest BCUT2D eigenvalue weighted by atomic mass is 16.4. The molecule has 0 saturated carbocycles. The normalized spacial score (nSPS) is 18.0. The van der Waals surface area contributed by atoms with Crippen molar-refractivity contribution in [2.75, 3.05) is 6.61 Å². The summed E-state index contributed by atoms with van der Waals surface area (Å²) in [6.45, 7) is 2.93. The zero-order valence-corrected chi connectivity index (χ0v) is 4.62. The van der Waals surface area contributed by atoms with Crippen molar-refractivity contribution >= 4 is 0 Å². The summed E-state index contributed by atoms with van der Waals surface area (Å²) in [6, 6.07) is 0. The number of aliphatic hydroxyl groups is 3. The molecule has 0 fully saturated rings. The Morgan fingerprint density at radius 2 is 1.75 bits per heavy atom. The Labute approximate surface area is 48.6 Å². The molecular formula is C5H11O3. The first-order valence-corrected chi connectivity index (χ1v) is 2.48. The first-order valence-electron chi connectivity index (χ1n) is 2.48. The van der Waals surface area contributed by atoms with E-state index in [9.17, 15) is 0 Å². The summed E-state index contributed by atoms with van der Waals surface area (Å²) < 4.78 is 0. The van der Waals surface area contributed by atoms with Gasteiger partial charge in [0.15, 0.2) is 0 Å². The lowest BCUT2D eigenvalue weighted by atomic mass is 10.2. The van der Waals surface area contributed by atoms with Crippen molar-refractivity contribution in [3.05, 3.63) is 6.92 Å². The molecule has 0 heterocycles. The lowest BCUT2D eigenvalue weighted by molar-refractivity contribution is -0.0123. The standard InChI is InChI=1S/C5H11O3/c1-2-4(7)5(8)3-6/h4-8H,1-3H2/t4-,5+/m1/s1. The van der Waals surface area contributed by atoms with Crippen molar-refractivity contribution < 1.29 is 15.3 Å². The Bertz CT molecular complexity index is 47.6. The van der Waals surface area contributed by atoms with Gasteiger partial charge in [-0.3, -0.25) is 0 Å². The van der Waals surface area contributed by atoms with E-state index in [2.05, 4.69) is 6.92 Å². The van der Waals surface area contributed by atoms with Crippen LogP contribution >= 0.6 is 0 Å². The summed E-state index contributed by atoms with van der Waals surface area (Å²) in [5.41, 5.74) is 0. The van der Waals surface area contributed by atoms with Gasteiger partial charge in [-0.15, -0.1) is 0 Å². The smallest absolute Gasteiger partial charge is 0.103 e. The molecule has 0 unspecified atom stereocenters. The monoisotopic (exact) mass is 119 g/mol. The van der Waals surface area contributed by atoms with E-state index in [1.807, 2.05) is 0 Å². The van der Waals surface area contributed by atoms with Gasteiger partial charge >= 0.3 is 0 Å². The fraction of sp³-hybridized carbons (Fsp3) is 0.800. The highest BCUT2D eigenvalue weighted by Crippen LogP contribution is 1.94. The summed E-state index contributed by atoms with van der Waals surface area (Å²) in [6.07, 6.45) is -1.70. The van der Waals surface area contributed by atoms with E-state index in [1.54, 1.807) is 0 Å². The van der Waals surface area contributed by atoms with Gasteiger partial charge < -0.3 is 15.3 Å². The minimum Gasteiger partial charge on any atom is -0.394 e. The molecule has 0 aliphatic rings. The van der Waals surface area contributed by atoms with Gasteiger partial charge in [-0.2, -0.15) is 0 Å². The van der Waals surface area contributed by atoms with E-state index >= 15 is 0 Å². The minimum absolute atomic E-state index is 0.224. The van der Waals surface area contributed by atoms with E-state index in [-0.39, 0.29) is 6.42 Å². The molecule has 0 spiro atoms. The first kappa shape index (κ1) is 7.88. The third-order valence-electron chi connectivity index (χ3n) is 0.927. The Hall–Kier alpha value is -0.120. The average Bonchev–Trinajstić information content (AvgIpc) is 1.84. The van der Waals surface area contributed by atoms with Crippen LogP contribution in [-0.2, 0) is 0 Å². The molecule has 1 radical (unpaired) electrons. The maximum Gasteiger partial charge on any atom is 0.103 e. The largest absolute Gasteiger partial charge is 0.394 e. The van der Waals surface area contributed by atoms with Crippen molar-refractivity contribution in [1.82, 2.24) is 0 Å². The van der Waals surface area contributed by atoms with E-state index in [0.717, 1.165) is 0 Å². The van der Waals surface area contributed by atoms with Crippen LogP contribution < -0.4 is 0 Å². The molecule has 3 N–H and O–H groups in total. The Balaban J connectivity index is 3.29. The van der Waals surface area contributed by atoms with E-state index in [0.29, 0.717) is 0 Å². The highest BCUT2D eigenvalue weighted by molar-refractivity contribution is 4.65. The van der Waals surface area contributed by atoms with Crippen LogP contribution in [0.1, 0.15) is 6.42 Å². The maximum atomic E-state index is 8.65. The summed E-state index contributed by atoms with van der Waals surface area (Å²) in [4.78, 5) is 0. The second kappa shape index (κ2) is 3.83. The second-order valence-corrected chi connectivity index (χ2v) is 1.61. The van der Waals surface area contributed by atoms with Crippen LogP contribution in [0, 0.1) is 6.92 Å². The maximum absolute atomic E-state index is 8.65. The van der Waals surface area contributed by atoms with Crippen molar-refractivity contribution in [3.8, 4) is 0 Å². The molecule has 0 aromatic rings. The van der Waals surface area contributed by atoms with Crippen LogP contribution in [0.5, 0.6) is 0 Å². The molecular weight excluding hydrogens is 108 g/mol. The van der Waals surface area contributed by atoms with Crippen LogP contribution in [0.25, 0.3) is 0 Å². The molecule has 0 aromatic carbocycles. The van der Waals surface area contributed by atoms with Gasteiger partial charge in [0, 0.05) is 0 Å². The molecule has 49 valence electrons. The summed E-state index contributed by atoms with van der Waals surface area (Å²) in [5, 5.41) is 25.4. The molecule has 0 aromatic heterocycles. The van der Waals surface area contributed by atoms with Gasteiger partial charge in [-0.25, -0.2) is 0 Å². The molecule has 0 bridgehead atoms. The number of aliphatic hydroxyl groups excluding tert-OH is 3. The lowest BCUT2D eigenvalue weighted by Gasteiger charge is -2.11. The summed E-state index contributed by atoms with van der Waals surface area (Å²) >= 11 is 0. The van der Waals surface area contributed by atoms with Crippen LogP contribution in [0.15, 0.2) is 0 Å². The predicted molar refractivity (Wildman–Crippen MR) is 29.1 cm³/mol. The summed E-state index contributed by atoms with van der Waals surface area (Å²) in [7, 11) is 0. The lowest BCUT2D eigenvalue weighted by Crippen LogP contribution is -2.28. The molecule has 0 rings (SSSR count). The quantitative estimate of drug-likeness (QED) is 0.443. The molecule has 3 nitrogen and oxygen atoms in total. The number of hydrogen-bond acceptors (Lipinski definition) is 3. The molecule has 3 heteroatoms. The second-order valence-electron chi connectivity index (χ2n) is 1.61. The van der Waals surface area contributed by atoms with E-state index < -0.39 is 18.8 Å². The fourth-order valence-electron chi connectivity index (χ4n) is 0.314. The third-order valence-corrected chi connectivity index (χ3v) is 0.927. The van der Waals surface area contributed by atoms with Crippen molar-refractivity contribution in [2.45, 2.75) is 18.6 Å². The number of hydrogen-bond donors (Lipinski definition) is 3. The average molecular weight is 119 g/mol. The zero-order valence-electron chi connectivity index (χ0n) is 4.62. The van der Waals surface area contributed by atoms with Crippen LogP contribution in [-0.4, -0.2) is 34.1 Å². The molecule has 0 saturated heterocycles. The Kier molecular flexibility index (Phi) is 3.77. The van der Waals surface area contributed by atoms with Gasteiger partial charge in [-0.1, -0.05) is 6.92 Å². The van der Waals surface area contributed by atoms with Gasteiger partial charge in [0.25, 0.3) is 0 Å². The van der Waals surface area contributed by atoms with Gasteiger partial charge in [0.2, 0.25) is 0 Å². The SMILES string of the molecule is [CH2]C[C@@H](O)[C@@H](O)CO. The molecule has 2 atom stereocenters. The zero-order chi connectivity index (χ0) is 6.57. The first-order chi connectivity index (χ1) is 3.72. The van der Waals surface area contributed by atoms with Crippen molar-refractivity contribution in [3.63, 3.8) is 0 Å². The number of rotatable bonds is 3. The molecule has 0 aliphatic carbocycles. The molecule has 0 aliphatic heterocycles. The van der Waals surface area contributed by atoms with Gasteiger partial charge in [0.1, 0.15) is 6.10 Å². The van der Waals surface area contributed by atoms with E-state index in [1.165, 1.54) is 0 Å². The fourth-order valence-corrected chi connectivity index (χ4v) is 0.314. The Morgan fingerprint density at radius 1 is 1.25 bits per heavy atom. The summed E-state index contributed by atoms with van der Waals surface area (Å²) in [5.74, 6) is 0. The Morgan fingerprint density at radius 3 is 1.88 bits per heavy atom. The van der Waals surface area contributed by atoms with Crippen molar-refractivity contribution in [1.29, 1.82) is 0 Å². The topological polar surface area (TPSA) is 60.7 Å². The molecule has 8 heavy (non-hydrogen) atoms. The van der Waals surface area contributed by atoms with Gasteiger partial charge in [0.05, 0.1) is 12.7 Å². The highest BCUT2D eigenvalue weighted by Gasteiger charge is 2.11. The van der Waals surface area contributed by atoms with Gasteiger partial charge in [-0.05, 0) is 6.42 Å². The third kappa shape index (κ3) is 2.26. The van der Waals surface area contributed by atoms with Crippen LogP contribution in [0.4, 0.5) is 0 Å². The van der Waals surface area contributed by atoms with E-state index in [4.69, 9.17) is 15.3 Å². The molecule has 0 amide bonds. The van der Waals surface area contributed by atoms with Crippen molar-refractivity contribution in [2.24, 2.45) is 0 Å². The minimum atomic E-state index is -1.03. The van der Waals surface area contributed by atoms with Crippen LogP contribution in [0.2, 0.25) is 0 Å². The predicted octanol–water partition coefficient (Wildman–Crippen LogP) is -1.08.